The molecule has 0 spiro atoms. The molecule has 0 fully saturated rings. The second kappa shape index (κ2) is 7.44. The number of thioether (sulfide) groups is 1. The van der Waals surface area contributed by atoms with Gasteiger partial charge in [0.15, 0.2) is 0 Å². The van der Waals surface area contributed by atoms with Gasteiger partial charge in [-0.15, -0.1) is 6.42 Å². The number of nitrogens with zero attached hydrogens (tertiary/aromatic N) is 1. The van der Waals surface area contributed by atoms with Gasteiger partial charge in [0.25, 0.3) is 0 Å². The predicted octanol–water partition coefficient (Wildman–Crippen LogP) is 1.84. The van der Waals surface area contributed by atoms with Crippen molar-refractivity contribution in [2.45, 2.75) is 19.2 Å². The maximum Gasteiger partial charge on any atom is 0.118 e. The van der Waals surface area contributed by atoms with Gasteiger partial charge in [0, 0.05) is 12.3 Å². The number of hydrogen-bond donors (Lipinski definition) is 1. The largest absolute Gasteiger partial charge is 0.464 e. The van der Waals surface area contributed by atoms with Gasteiger partial charge in [-0.05, 0) is 25.6 Å². The zero-order chi connectivity index (χ0) is 12.7. The Bertz CT molecular complexity index is 381. The first kappa shape index (κ1) is 14.2. The summed E-state index contributed by atoms with van der Waals surface area (Å²) in [6, 6.07) is 2.09. The van der Waals surface area contributed by atoms with Crippen LogP contribution >= 0.6 is 11.8 Å². The highest BCUT2D eigenvalue weighted by molar-refractivity contribution is 7.98. The van der Waals surface area contributed by atoms with E-state index in [0.717, 1.165) is 29.6 Å². The Morgan fingerprint density at radius 3 is 3.00 bits per heavy atom. The first-order chi connectivity index (χ1) is 8.17. The summed E-state index contributed by atoms with van der Waals surface area (Å²) in [7, 11) is 1.99. The molecular formula is C13H20N2OS. The topological polar surface area (TPSA) is 42.4 Å². The van der Waals surface area contributed by atoms with Gasteiger partial charge in [0.1, 0.15) is 11.5 Å². The van der Waals surface area contributed by atoms with Crippen LogP contribution in [-0.4, -0.2) is 30.8 Å². The van der Waals surface area contributed by atoms with Gasteiger partial charge in [-0.3, -0.25) is 4.90 Å². The molecule has 1 aromatic heterocycles. The van der Waals surface area contributed by atoms with Crippen molar-refractivity contribution in [2.75, 3.05) is 25.9 Å². The molecule has 0 amide bonds. The van der Waals surface area contributed by atoms with Crippen molar-refractivity contribution in [2.24, 2.45) is 5.73 Å². The number of aryl methyl sites for hydroxylation is 1. The third-order valence-electron chi connectivity index (χ3n) is 2.35. The smallest absolute Gasteiger partial charge is 0.118 e. The summed E-state index contributed by atoms with van der Waals surface area (Å²) in [5.74, 6) is 6.50. The van der Waals surface area contributed by atoms with E-state index in [1.165, 1.54) is 5.56 Å². The van der Waals surface area contributed by atoms with Crippen LogP contribution in [0.5, 0.6) is 0 Å². The summed E-state index contributed by atoms with van der Waals surface area (Å²) in [6.45, 7) is 4.18. The molecule has 3 nitrogen and oxygen atoms in total. The molecule has 0 saturated heterocycles. The molecule has 1 heterocycles. The minimum Gasteiger partial charge on any atom is -0.464 e. The summed E-state index contributed by atoms with van der Waals surface area (Å²) >= 11 is 1.80. The quantitative estimate of drug-likeness (QED) is 0.594. The fraction of sp³-hybridized carbons (Fsp3) is 0.538. The Balaban J connectivity index is 2.52. The highest BCUT2D eigenvalue weighted by Gasteiger charge is 2.09. The van der Waals surface area contributed by atoms with Crippen LogP contribution in [0.3, 0.4) is 0 Å². The molecule has 0 atom stereocenters. The van der Waals surface area contributed by atoms with Crippen LogP contribution in [-0.2, 0) is 12.3 Å². The first-order valence-electron chi connectivity index (χ1n) is 5.65. The maximum absolute atomic E-state index is 5.81. The van der Waals surface area contributed by atoms with Crippen molar-refractivity contribution >= 4 is 11.8 Å². The SMILES string of the molecule is C#CCN(C)Cc1cc(C)c(CSCCN)o1. The summed E-state index contributed by atoms with van der Waals surface area (Å²) in [5.41, 5.74) is 6.67. The Morgan fingerprint density at radius 1 is 1.59 bits per heavy atom. The van der Waals surface area contributed by atoms with Crippen molar-refractivity contribution in [1.82, 2.24) is 4.90 Å². The van der Waals surface area contributed by atoms with Crippen molar-refractivity contribution in [3.8, 4) is 12.3 Å². The Morgan fingerprint density at radius 2 is 2.35 bits per heavy atom. The average molecular weight is 252 g/mol. The molecule has 0 aliphatic heterocycles. The van der Waals surface area contributed by atoms with E-state index in [0.29, 0.717) is 13.1 Å². The molecule has 0 aromatic carbocycles. The number of rotatable bonds is 7. The highest BCUT2D eigenvalue weighted by atomic mass is 32.2. The van der Waals surface area contributed by atoms with E-state index in [1.807, 2.05) is 7.05 Å². The molecule has 0 bridgehead atoms. The van der Waals surface area contributed by atoms with Gasteiger partial charge in [-0.1, -0.05) is 5.92 Å². The lowest BCUT2D eigenvalue weighted by Gasteiger charge is -2.10. The van der Waals surface area contributed by atoms with Gasteiger partial charge in [0.05, 0.1) is 18.8 Å². The lowest BCUT2D eigenvalue weighted by atomic mass is 10.3. The third kappa shape index (κ3) is 4.86. The highest BCUT2D eigenvalue weighted by Crippen LogP contribution is 2.20. The minimum atomic E-state index is 0.636. The minimum absolute atomic E-state index is 0.636. The van der Waals surface area contributed by atoms with E-state index in [4.69, 9.17) is 16.6 Å². The van der Waals surface area contributed by atoms with Gasteiger partial charge < -0.3 is 10.2 Å². The second-order valence-corrected chi connectivity index (χ2v) is 5.14. The Kier molecular flexibility index (Phi) is 6.20. The van der Waals surface area contributed by atoms with Gasteiger partial charge in [-0.2, -0.15) is 11.8 Å². The van der Waals surface area contributed by atoms with Crippen molar-refractivity contribution in [3.63, 3.8) is 0 Å². The number of terminal acetylenes is 1. The molecule has 0 radical (unpaired) electrons. The predicted molar refractivity (Wildman–Crippen MR) is 73.8 cm³/mol. The van der Waals surface area contributed by atoms with Gasteiger partial charge in [0.2, 0.25) is 0 Å². The summed E-state index contributed by atoms with van der Waals surface area (Å²) in [5, 5.41) is 0. The fourth-order valence-corrected chi connectivity index (χ4v) is 2.32. The monoisotopic (exact) mass is 252 g/mol. The van der Waals surface area contributed by atoms with Crippen molar-refractivity contribution in [1.29, 1.82) is 0 Å². The standard InChI is InChI=1S/C13H20N2OS/c1-4-6-15(3)9-12-8-11(2)13(16-12)10-17-7-5-14/h1,8H,5-7,9-10,14H2,2-3H3. The van der Waals surface area contributed by atoms with E-state index >= 15 is 0 Å². The van der Waals surface area contributed by atoms with Crippen molar-refractivity contribution in [3.05, 3.63) is 23.2 Å². The molecule has 0 unspecified atom stereocenters. The van der Waals surface area contributed by atoms with Gasteiger partial charge >= 0.3 is 0 Å². The van der Waals surface area contributed by atoms with E-state index in [1.54, 1.807) is 11.8 Å². The zero-order valence-corrected chi connectivity index (χ0v) is 11.3. The zero-order valence-electron chi connectivity index (χ0n) is 10.5. The molecule has 0 aliphatic rings. The van der Waals surface area contributed by atoms with Crippen LogP contribution in [0.4, 0.5) is 0 Å². The van der Waals surface area contributed by atoms with Crippen LogP contribution in [0.15, 0.2) is 10.5 Å². The van der Waals surface area contributed by atoms with E-state index in [-0.39, 0.29) is 0 Å². The Hall–Kier alpha value is -0.890. The van der Waals surface area contributed by atoms with E-state index < -0.39 is 0 Å². The molecule has 0 aliphatic carbocycles. The van der Waals surface area contributed by atoms with Gasteiger partial charge in [-0.25, -0.2) is 0 Å². The second-order valence-electron chi connectivity index (χ2n) is 4.04. The number of furan rings is 1. The molecule has 2 N–H and O–H groups in total. The molecular weight excluding hydrogens is 232 g/mol. The average Bonchev–Trinajstić information content (AvgIpc) is 2.60. The lowest BCUT2D eigenvalue weighted by molar-refractivity contribution is 0.322. The first-order valence-corrected chi connectivity index (χ1v) is 6.80. The Labute approximate surface area is 108 Å². The molecule has 4 heteroatoms. The summed E-state index contributed by atoms with van der Waals surface area (Å²) < 4.78 is 5.81. The van der Waals surface area contributed by atoms with Crippen molar-refractivity contribution < 1.29 is 4.42 Å². The molecule has 1 rings (SSSR count). The number of hydrogen-bond acceptors (Lipinski definition) is 4. The normalized spacial score (nSPS) is 10.8. The molecule has 17 heavy (non-hydrogen) atoms. The van der Waals surface area contributed by atoms with Crippen LogP contribution in [0, 0.1) is 19.3 Å². The third-order valence-corrected chi connectivity index (χ3v) is 3.34. The summed E-state index contributed by atoms with van der Waals surface area (Å²) in [6.07, 6.45) is 5.26. The van der Waals surface area contributed by atoms with E-state index in [9.17, 15) is 0 Å². The lowest BCUT2D eigenvalue weighted by Crippen LogP contribution is -2.17. The van der Waals surface area contributed by atoms with Crippen LogP contribution in [0.2, 0.25) is 0 Å². The maximum atomic E-state index is 5.81. The fourth-order valence-electron chi connectivity index (χ4n) is 1.54. The van der Waals surface area contributed by atoms with Crippen LogP contribution in [0.25, 0.3) is 0 Å². The van der Waals surface area contributed by atoms with Crippen LogP contribution < -0.4 is 5.73 Å². The van der Waals surface area contributed by atoms with Crippen LogP contribution in [0.1, 0.15) is 17.1 Å². The summed E-state index contributed by atoms with van der Waals surface area (Å²) in [4.78, 5) is 2.05. The molecule has 94 valence electrons. The van der Waals surface area contributed by atoms with E-state index in [2.05, 4.69) is 23.8 Å². The molecule has 0 saturated carbocycles. The number of nitrogens with two attached hydrogens (primary N) is 1. The molecule has 1 aromatic rings.